The summed E-state index contributed by atoms with van der Waals surface area (Å²) >= 11 is 0. The maximum atomic E-state index is 11.3. The molecule has 1 heterocycles. The standard InChI is InChI=1S/C9H9N5O3/c10-9(11)12-4-8(15)16-5-1-2-6-7(3-5)14-17-13-6/h1-3H,4H2,(H4,10,11,12). The molecule has 0 aliphatic heterocycles. The van der Waals surface area contributed by atoms with E-state index in [1.807, 2.05) is 0 Å². The number of carbonyl (C=O) groups is 1. The minimum absolute atomic E-state index is 0.168. The van der Waals surface area contributed by atoms with Crippen LogP contribution in [0.15, 0.2) is 27.8 Å². The van der Waals surface area contributed by atoms with Gasteiger partial charge in [-0.25, -0.2) is 14.4 Å². The van der Waals surface area contributed by atoms with Crippen LogP contribution in [-0.4, -0.2) is 28.8 Å². The van der Waals surface area contributed by atoms with Gasteiger partial charge in [-0.1, -0.05) is 0 Å². The van der Waals surface area contributed by atoms with E-state index in [2.05, 4.69) is 19.9 Å². The molecule has 2 rings (SSSR count). The molecule has 4 N–H and O–H groups in total. The van der Waals surface area contributed by atoms with Crippen molar-refractivity contribution in [2.24, 2.45) is 16.5 Å². The highest BCUT2D eigenvalue weighted by Gasteiger charge is 2.06. The number of esters is 1. The number of rotatable bonds is 3. The summed E-state index contributed by atoms with van der Waals surface area (Å²) in [6.07, 6.45) is 0. The second kappa shape index (κ2) is 4.47. The molecule has 17 heavy (non-hydrogen) atoms. The highest BCUT2D eigenvalue weighted by Crippen LogP contribution is 2.17. The van der Waals surface area contributed by atoms with E-state index < -0.39 is 5.97 Å². The van der Waals surface area contributed by atoms with Gasteiger partial charge in [0.1, 0.15) is 23.3 Å². The van der Waals surface area contributed by atoms with Crippen molar-refractivity contribution in [1.29, 1.82) is 0 Å². The van der Waals surface area contributed by atoms with Gasteiger partial charge in [0, 0.05) is 6.07 Å². The van der Waals surface area contributed by atoms with Gasteiger partial charge in [-0.05, 0) is 22.4 Å². The molecular formula is C9H9N5O3. The molecule has 8 heteroatoms. The number of hydrogen-bond acceptors (Lipinski definition) is 6. The van der Waals surface area contributed by atoms with Crippen LogP contribution in [0.1, 0.15) is 0 Å². The summed E-state index contributed by atoms with van der Waals surface area (Å²) in [6.45, 7) is -0.239. The van der Waals surface area contributed by atoms with Crippen LogP contribution < -0.4 is 16.2 Å². The molecule has 1 aromatic heterocycles. The molecule has 0 fully saturated rings. The van der Waals surface area contributed by atoms with Gasteiger partial charge in [0.15, 0.2) is 5.96 Å². The lowest BCUT2D eigenvalue weighted by Crippen LogP contribution is -2.25. The molecule has 8 nitrogen and oxygen atoms in total. The predicted octanol–water partition coefficient (Wildman–Crippen LogP) is -0.598. The summed E-state index contributed by atoms with van der Waals surface area (Å²) < 4.78 is 9.48. The lowest BCUT2D eigenvalue weighted by atomic mass is 10.3. The van der Waals surface area contributed by atoms with Crippen molar-refractivity contribution in [1.82, 2.24) is 10.3 Å². The molecule has 0 spiro atoms. The zero-order valence-corrected chi connectivity index (χ0v) is 8.66. The van der Waals surface area contributed by atoms with Crippen LogP contribution in [-0.2, 0) is 4.79 Å². The van der Waals surface area contributed by atoms with Gasteiger partial charge >= 0.3 is 5.97 Å². The summed E-state index contributed by atoms with van der Waals surface area (Å²) in [5, 5.41) is 7.23. The Balaban J connectivity index is 2.07. The Morgan fingerprint density at radius 3 is 2.88 bits per heavy atom. The number of ether oxygens (including phenoxy) is 1. The van der Waals surface area contributed by atoms with E-state index in [4.69, 9.17) is 16.2 Å². The maximum absolute atomic E-state index is 11.3. The van der Waals surface area contributed by atoms with Crippen LogP contribution in [0.2, 0.25) is 0 Å². The van der Waals surface area contributed by atoms with Gasteiger partial charge in [0.05, 0.1) is 0 Å². The molecule has 0 amide bonds. The molecule has 88 valence electrons. The van der Waals surface area contributed by atoms with Crippen molar-refractivity contribution in [3.05, 3.63) is 18.2 Å². The van der Waals surface area contributed by atoms with E-state index >= 15 is 0 Å². The first-order valence-electron chi connectivity index (χ1n) is 4.63. The second-order valence-electron chi connectivity index (χ2n) is 3.13. The van der Waals surface area contributed by atoms with Gasteiger partial charge in [-0.3, -0.25) is 0 Å². The summed E-state index contributed by atoms with van der Waals surface area (Å²) in [5.41, 5.74) is 11.2. The Bertz CT molecular complexity index is 573. The third-order valence-corrected chi connectivity index (χ3v) is 1.85. The van der Waals surface area contributed by atoms with Gasteiger partial charge in [-0.15, -0.1) is 0 Å². The Hall–Kier alpha value is -2.64. The highest BCUT2D eigenvalue weighted by atomic mass is 16.6. The molecule has 0 radical (unpaired) electrons. The van der Waals surface area contributed by atoms with E-state index in [0.29, 0.717) is 16.8 Å². The minimum atomic E-state index is -0.575. The fourth-order valence-corrected chi connectivity index (χ4v) is 1.14. The van der Waals surface area contributed by atoms with E-state index in [-0.39, 0.29) is 12.5 Å². The number of nitrogens with two attached hydrogens (primary N) is 2. The Kier molecular flexibility index (Phi) is 2.86. The van der Waals surface area contributed by atoms with Crippen molar-refractivity contribution in [3.8, 4) is 5.75 Å². The lowest BCUT2D eigenvalue weighted by molar-refractivity contribution is -0.132. The average molecular weight is 235 g/mol. The number of guanidine groups is 1. The number of aliphatic imine (C=N–C) groups is 1. The third-order valence-electron chi connectivity index (χ3n) is 1.85. The number of fused-ring (bicyclic) bond motifs is 1. The molecular weight excluding hydrogens is 226 g/mol. The van der Waals surface area contributed by atoms with Crippen LogP contribution in [0.5, 0.6) is 5.75 Å². The second-order valence-corrected chi connectivity index (χ2v) is 3.13. The average Bonchev–Trinajstić information content (AvgIpc) is 2.73. The zero-order valence-electron chi connectivity index (χ0n) is 8.66. The summed E-state index contributed by atoms with van der Waals surface area (Å²) in [4.78, 5) is 14.8. The SMILES string of the molecule is NC(N)=NCC(=O)Oc1ccc2nonc2c1. The molecule has 0 aliphatic rings. The van der Waals surface area contributed by atoms with Crippen molar-refractivity contribution in [3.63, 3.8) is 0 Å². The number of nitrogens with zero attached hydrogens (tertiary/aromatic N) is 3. The summed E-state index contributed by atoms with van der Waals surface area (Å²) in [7, 11) is 0. The van der Waals surface area contributed by atoms with Crippen LogP contribution in [0.3, 0.4) is 0 Å². The fourth-order valence-electron chi connectivity index (χ4n) is 1.14. The van der Waals surface area contributed by atoms with Crippen LogP contribution in [0, 0.1) is 0 Å². The number of carbonyl (C=O) groups excluding carboxylic acids is 1. The predicted molar refractivity (Wildman–Crippen MR) is 58.1 cm³/mol. The molecule has 0 aliphatic carbocycles. The van der Waals surface area contributed by atoms with Gasteiger partial charge in [0.25, 0.3) is 0 Å². The van der Waals surface area contributed by atoms with Crippen molar-refractivity contribution >= 4 is 23.0 Å². The third kappa shape index (κ3) is 2.68. The molecule has 2 aromatic rings. The summed E-state index contributed by atoms with van der Waals surface area (Å²) in [5.74, 6) is -0.420. The van der Waals surface area contributed by atoms with Gasteiger partial charge in [-0.2, -0.15) is 0 Å². The van der Waals surface area contributed by atoms with E-state index in [1.165, 1.54) is 6.07 Å². The zero-order chi connectivity index (χ0) is 12.3. The molecule has 0 unspecified atom stereocenters. The largest absolute Gasteiger partial charge is 0.425 e. The van der Waals surface area contributed by atoms with Crippen molar-refractivity contribution in [2.45, 2.75) is 0 Å². The normalized spacial score (nSPS) is 10.1. The Labute approximate surface area is 95.2 Å². The van der Waals surface area contributed by atoms with E-state index in [9.17, 15) is 4.79 Å². The number of benzene rings is 1. The monoisotopic (exact) mass is 235 g/mol. The molecule has 0 atom stereocenters. The van der Waals surface area contributed by atoms with E-state index in [1.54, 1.807) is 12.1 Å². The fraction of sp³-hybridized carbons (Fsp3) is 0.111. The molecule has 0 saturated carbocycles. The smallest absolute Gasteiger partial charge is 0.333 e. The topological polar surface area (TPSA) is 130 Å². The molecule has 0 bridgehead atoms. The molecule has 1 aromatic carbocycles. The maximum Gasteiger partial charge on any atom is 0.333 e. The first-order valence-corrected chi connectivity index (χ1v) is 4.63. The van der Waals surface area contributed by atoms with Crippen LogP contribution >= 0.6 is 0 Å². The highest BCUT2D eigenvalue weighted by molar-refractivity contribution is 5.82. The lowest BCUT2D eigenvalue weighted by Gasteiger charge is -2.01. The molecule has 0 saturated heterocycles. The van der Waals surface area contributed by atoms with Crippen molar-refractivity contribution < 1.29 is 14.2 Å². The number of aromatic nitrogens is 2. The van der Waals surface area contributed by atoms with Gasteiger partial charge < -0.3 is 16.2 Å². The van der Waals surface area contributed by atoms with Crippen LogP contribution in [0.4, 0.5) is 0 Å². The first kappa shape index (κ1) is 10.9. The Morgan fingerprint density at radius 1 is 1.35 bits per heavy atom. The quantitative estimate of drug-likeness (QED) is 0.314. The minimum Gasteiger partial charge on any atom is -0.425 e. The Morgan fingerprint density at radius 2 is 2.12 bits per heavy atom. The van der Waals surface area contributed by atoms with Crippen molar-refractivity contribution in [2.75, 3.05) is 6.54 Å². The van der Waals surface area contributed by atoms with Gasteiger partial charge in [0.2, 0.25) is 0 Å². The first-order chi connectivity index (χ1) is 8.15. The summed E-state index contributed by atoms with van der Waals surface area (Å²) in [6, 6.07) is 4.72. The number of hydrogen-bond donors (Lipinski definition) is 2. The van der Waals surface area contributed by atoms with Crippen LogP contribution in [0.25, 0.3) is 11.0 Å². The van der Waals surface area contributed by atoms with E-state index in [0.717, 1.165) is 0 Å².